The number of hydrogen-bond acceptors (Lipinski definition) is 3. The molecule has 0 atom stereocenters. The minimum Gasteiger partial charge on any atom is -0.378 e. The van der Waals surface area contributed by atoms with Crippen molar-refractivity contribution in [1.29, 1.82) is 0 Å². The lowest BCUT2D eigenvalue weighted by Gasteiger charge is -2.28. The highest BCUT2D eigenvalue weighted by molar-refractivity contribution is 5.94. The Morgan fingerprint density at radius 3 is 2.58 bits per heavy atom. The van der Waals surface area contributed by atoms with Gasteiger partial charge in [0.2, 0.25) is 0 Å². The second-order valence-corrected chi connectivity index (χ2v) is 4.76. The van der Waals surface area contributed by atoms with Gasteiger partial charge in [0.05, 0.1) is 13.2 Å². The van der Waals surface area contributed by atoms with Gasteiger partial charge in [-0.2, -0.15) is 0 Å². The Morgan fingerprint density at radius 1 is 1.26 bits per heavy atom. The Hall–Kier alpha value is -1.55. The molecule has 1 saturated heterocycles. The third-order valence-electron chi connectivity index (χ3n) is 3.32. The van der Waals surface area contributed by atoms with Gasteiger partial charge in [-0.15, -0.1) is 0 Å². The van der Waals surface area contributed by atoms with Crippen molar-refractivity contribution in [1.82, 2.24) is 5.32 Å². The van der Waals surface area contributed by atoms with Crippen LogP contribution in [-0.2, 0) is 4.74 Å². The lowest BCUT2D eigenvalue weighted by molar-refractivity contribution is 0.0953. The first-order valence-electron chi connectivity index (χ1n) is 7.02. The summed E-state index contributed by atoms with van der Waals surface area (Å²) in [6, 6.07) is 7.82. The zero-order chi connectivity index (χ0) is 13.5. The molecule has 4 heteroatoms. The number of carbonyl (C=O) groups excluding carboxylic acids is 1. The third kappa shape index (κ3) is 3.96. The molecule has 1 heterocycles. The number of hydrogen-bond donors (Lipinski definition) is 1. The van der Waals surface area contributed by atoms with E-state index in [1.807, 2.05) is 24.3 Å². The lowest BCUT2D eigenvalue weighted by atomic mass is 10.1. The van der Waals surface area contributed by atoms with Crippen LogP contribution < -0.4 is 10.2 Å². The number of nitrogens with zero attached hydrogens (tertiary/aromatic N) is 1. The van der Waals surface area contributed by atoms with Crippen LogP contribution in [0, 0.1) is 0 Å². The zero-order valence-electron chi connectivity index (χ0n) is 11.5. The number of anilines is 1. The molecule has 104 valence electrons. The fourth-order valence-corrected chi connectivity index (χ4v) is 2.13. The van der Waals surface area contributed by atoms with Gasteiger partial charge in [-0.25, -0.2) is 0 Å². The smallest absolute Gasteiger partial charge is 0.251 e. The van der Waals surface area contributed by atoms with Crippen LogP contribution in [-0.4, -0.2) is 38.8 Å². The number of rotatable bonds is 5. The number of morpholine rings is 1. The minimum absolute atomic E-state index is 0.0157. The monoisotopic (exact) mass is 262 g/mol. The largest absolute Gasteiger partial charge is 0.378 e. The molecule has 0 radical (unpaired) electrons. The molecule has 1 fully saturated rings. The normalized spacial score (nSPS) is 15.3. The van der Waals surface area contributed by atoms with Gasteiger partial charge >= 0.3 is 0 Å². The van der Waals surface area contributed by atoms with Crippen molar-refractivity contribution >= 4 is 11.6 Å². The summed E-state index contributed by atoms with van der Waals surface area (Å²) in [6.07, 6.45) is 2.12. The molecule has 1 aromatic carbocycles. The molecule has 19 heavy (non-hydrogen) atoms. The predicted octanol–water partition coefficient (Wildman–Crippen LogP) is 2.05. The van der Waals surface area contributed by atoms with E-state index in [0.29, 0.717) is 0 Å². The van der Waals surface area contributed by atoms with E-state index in [1.54, 1.807) is 0 Å². The molecule has 0 saturated carbocycles. The summed E-state index contributed by atoms with van der Waals surface area (Å²) < 4.78 is 5.33. The molecule has 2 rings (SSSR count). The van der Waals surface area contributed by atoms with Crippen LogP contribution in [0.15, 0.2) is 24.3 Å². The van der Waals surface area contributed by atoms with Crippen molar-refractivity contribution < 1.29 is 9.53 Å². The number of amides is 1. The van der Waals surface area contributed by atoms with E-state index in [-0.39, 0.29) is 5.91 Å². The summed E-state index contributed by atoms with van der Waals surface area (Å²) in [5, 5.41) is 2.93. The van der Waals surface area contributed by atoms with Crippen molar-refractivity contribution in [3.8, 4) is 0 Å². The van der Waals surface area contributed by atoms with Crippen LogP contribution >= 0.6 is 0 Å². The second-order valence-electron chi connectivity index (χ2n) is 4.76. The average molecular weight is 262 g/mol. The van der Waals surface area contributed by atoms with Crippen LogP contribution in [0.5, 0.6) is 0 Å². The van der Waals surface area contributed by atoms with Crippen LogP contribution in [0.1, 0.15) is 30.1 Å². The zero-order valence-corrected chi connectivity index (χ0v) is 11.5. The van der Waals surface area contributed by atoms with E-state index >= 15 is 0 Å². The molecule has 4 nitrogen and oxygen atoms in total. The Labute approximate surface area is 114 Å². The second kappa shape index (κ2) is 7.14. The molecule has 1 aliphatic heterocycles. The van der Waals surface area contributed by atoms with Crippen LogP contribution in [0.3, 0.4) is 0 Å². The highest BCUT2D eigenvalue weighted by Crippen LogP contribution is 2.16. The predicted molar refractivity (Wildman–Crippen MR) is 76.7 cm³/mol. The molecule has 0 aliphatic carbocycles. The summed E-state index contributed by atoms with van der Waals surface area (Å²) in [5.41, 5.74) is 1.89. The number of carbonyl (C=O) groups is 1. The maximum absolute atomic E-state index is 11.9. The Balaban J connectivity index is 1.91. The fraction of sp³-hybridized carbons (Fsp3) is 0.533. The van der Waals surface area contributed by atoms with Gasteiger partial charge < -0.3 is 15.0 Å². The molecule has 1 aromatic rings. The van der Waals surface area contributed by atoms with Gasteiger partial charge in [0, 0.05) is 30.9 Å². The molecule has 0 bridgehead atoms. The number of ether oxygens (including phenoxy) is 1. The van der Waals surface area contributed by atoms with Gasteiger partial charge in [-0.1, -0.05) is 13.3 Å². The highest BCUT2D eigenvalue weighted by atomic mass is 16.5. The third-order valence-corrected chi connectivity index (χ3v) is 3.32. The molecular weight excluding hydrogens is 240 g/mol. The van der Waals surface area contributed by atoms with Crippen molar-refractivity contribution in [3.05, 3.63) is 29.8 Å². The summed E-state index contributed by atoms with van der Waals surface area (Å²) >= 11 is 0. The maximum Gasteiger partial charge on any atom is 0.251 e. The quantitative estimate of drug-likeness (QED) is 0.826. The first-order chi connectivity index (χ1) is 9.31. The van der Waals surface area contributed by atoms with Gasteiger partial charge in [0.25, 0.3) is 5.91 Å². The van der Waals surface area contributed by atoms with Crippen molar-refractivity contribution in [2.45, 2.75) is 19.8 Å². The van der Waals surface area contributed by atoms with Gasteiger partial charge in [0.15, 0.2) is 0 Å². The molecule has 0 unspecified atom stereocenters. The van der Waals surface area contributed by atoms with Crippen molar-refractivity contribution in [2.75, 3.05) is 37.7 Å². The lowest BCUT2D eigenvalue weighted by Crippen LogP contribution is -2.36. The molecule has 0 spiro atoms. The molecule has 1 aliphatic rings. The number of nitrogens with one attached hydrogen (secondary N) is 1. The van der Waals surface area contributed by atoms with E-state index in [9.17, 15) is 4.79 Å². The number of unbranched alkanes of at least 4 members (excludes halogenated alkanes) is 1. The van der Waals surface area contributed by atoms with Crippen LogP contribution in [0.25, 0.3) is 0 Å². The van der Waals surface area contributed by atoms with Crippen LogP contribution in [0.4, 0.5) is 5.69 Å². The Kier molecular flexibility index (Phi) is 5.21. The van der Waals surface area contributed by atoms with E-state index < -0.39 is 0 Å². The number of benzene rings is 1. The van der Waals surface area contributed by atoms with Crippen molar-refractivity contribution in [2.24, 2.45) is 0 Å². The standard InChI is InChI=1S/C15H22N2O2/c1-2-3-8-16-15(18)13-4-6-14(7-5-13)17-9-11-19-12-10-17/h4-7H,2-3,8-12H2,1H3,(H,16,18). The van der Waals surface area contributed by atoms with Gasteiger partial charge in [0.1, 0.15) is 0 Å². The minimum atomic E-state index is 0.0157. The van der Waals surface area contributed by atoms with E-state index in [1.165, 1.54) is 0 Å². The summed E-state index contributed by atoms with van der Waals surface area (Å²) in [7, 11) is 0. The summed E-state index contributed by atoms with van der Waals surface area (Å²) in [6.45, 7) is 6.26. The van der Waals surface area contributed by atoms with Crippen molar-refractivity contribution in [3.63, 3.8) is 0 Å². The van der Waals surface area contributed by atoms with E-state index in [4.69, 9.17) is 4.74 Å². The first kappa shape index (κ1) is 13.9. The molecule has 0 aromatic heterocycles. The first-order valence-corrected chi connectivity index (χ1v) is 7.02. The Bertz CT molecular complexity index is 397. The van der Waals surface area contributed by atoms with E-state index in [0.717, 1.165) is 56.9 Å². The molecular formula is C15H22N2O2. The molecule has 1 amide bonds. The van der Waals surface area contributed by atoms with E-state index in [2.05, 4.69) is 17.1 Å². The SMILES string of the molecule is CCCCNC(=O)c1ccc(N2CCOCC2)cc1. The maximum atomic E-state index is 11.9. The topological polar surface area (TPSA) is 41.6 Å². The highest BCUT2D eigenvalue weighted by Gasteiger charge is 2.11. The fourth-order valence-electron chi connectivity index (χ4n) is 2.13. The molecule has 1 N–H and O–H groups in total. The summed E-state index contributed by atoms with van der Waals surface area (Å²) in [5.74, 6) is 0.0157. The average Bonchev–Trinajstić information content (AvgIpc) is 2.48. The van der Waals surface area contributed by atoms with Gasteiger partial charge in [-0.3, -0.25) is 4.79 Å². The van der Waals surface area contributed by atoms with Gasteiger partial charge in [-0.05, 0) is 30.7 Å². The Morgan fingerprint density at radius 2 is 1.95 bits per heavy atom. The summed E-state index contributed by atoms with van der Waals surface area (Å²) in [4.78, 5) is 14.1. The van der Waals surface area contributed by atoms with Crippen LogP contribution in [0.2, 0.25) is 0 Å².